The molecule has 2 nitrogen and oxygen atoms in total. The lowest BCUT2D eigenvalue weighted by Crippen LogP contribution is -2.18. The van der Waals surface area contributed by atoms with E-state index in [1.807, 2.05) is 11.8 Å². The lowest BCUT2D eigenvalue weighted by Gasteiger charge is -2.08. The molecule has 0 heterocycles. The normalized spacial score (nSPS) is 10.6. The first-order chi connectivity index (χ1) is 8.72. The highest BCUT2D eigenvalue weighted by Gasteiger charge is 1.97. The van der Waals surface area contributed by atoms with Crippen LogP contribution in [0.4, 0.5) is 0 Å². The minimum Gasteiger partial charge on any atom is -0.312 e. The number of nitriles is 1. The zero-order valence-corrected chi connectivity index (χ0v) is 12.1. The van der Waals surface area contributed by atoms with Crippen LogP contribution in [-0.4, -0.2) is 12.3 Å². The van der Waals surface area contributed by atoms with E-state index >= 15 is 0 Å². The topological polar surface area (TPSA) is 35.8 Å². The van der Waals surface area contributed by atoms with Crippen molar-refractivity contribution in [3.63, 3.8) is 0 Å². The summed E-state index contributed by atoms with van der Waals surface area (Å²) in [4.78, 5) is 1.29. The third kappa shape index (κ3) is 6.68. The molecular weight excluding hydrogens is 240 g/mol. The molecule has 0 amide bonds. The Balaban J connectivity index is 2.27. The van der Waals surface area contributed by atoms with Crippen molar-refractivity contribution in [2.75, 3.05) is 12.3 Å². The first-order valence-electron chi connectivity index (χ1n) is 6.51. The molecule has 0 aliphatic carbocycles. The van der Waals surface area contributed by atoms with Crippen molar-refractivity contribution >= 4 is 11.8 Å². The Morgan fingerprint density at radius 1 is 1.28 bits per heavy atom. The molecule has 0 spiro atoms. The van der Waals surface area contributed by atoms with Crippen molar-refractivity contribution < 1.29 is 0 Å². The molecule has 0 aliphatic heterocycles. The van der Waals surface area contributed by atoms with Crippen LogP contribution in [0.15, 0.2) is 29.2 Å². The third-order valence-corrected chi connectivity index (χ3v) is 3.61. The van der Waals surface area contributed by atoms with Crippen LogP contribution in [0.3, 0.4) is 0 Å². The molecule has 0 unspecified atom stereocenters. The molecular formula is C15H22N2S. The number of thioether (sulfide) groups is 1. The van der Waals surface area contributed by atoms with Gasteiger partial charge in [-0.25, -0.2) is 0 Å². The van der Waals surface area contributed by atoms with Crippen LogP contribution in [0.25, 0.3) is 0 Å². The second-order valence-electron chi connectivity index (χ2n) is 4.78. The maximum atomic E-state index is 8.46. The monoisotopic (exact) mass is 262 g/mol. The van der Waals surface area contributed by atoms with E-state index in [-0.39, 0.29) is 0 Å². The van der Waals surface area contributed by atoms with Gasteiger partial charge >= 0.3 is 0 Å². The average Bonchev–Trinajstić information content (AvgIpc) is 2.36. The summed E-state index contributed by atoms with van der Waals surface area (Å²) in [5, 5.41) is 11.9. The maximum Gasteiger partial charge on any atom is 0.0622 e. The van der Waals surface area contributed by atoms with Gasteiger partial charge in [-0.2, -0.15) is 5.26 Å². The van der Waals surface area contributed by atoms with Crippen LogP contribution in [-0.2, 0) is 6.54 Å². The van der Waals surface area contributed by atoms with Crippen LogP contribution >= 0.6 is 11.8 Å². The Kier molecular flexibility index (Phi) is 7.55. The minimum atomic E-state index is 0.657. The fraction of sp³-hybridized carbons (Fsp3) is 0.533. The Morgan fingerprint density at radius 2 is 2.00 bits per heavy atom. The maximum absolute atomic E-state index is 8.46. The summed E-state index contributed by atoms with van der Waals surface area (Å²) in [6.45, 7) is 6.43. The molecule has 0 radical (unpaired) electrons. The van der Waals surface area contributed by atoms with E-state index in [1.165, 1.54) is 10.5 Å². The van der Waals surface area contributed by atoms with Crippen molar-refractivity contribution in [1.82, 2.24) is 5.32 Å². The van der Waals surface area contributed by atoms with Crippen LogP contribution < -0.4 is 5.32 Å². The van der Waals surface area contributed by atoms with Crippen molar-refractivity contribution in [2.24, 2.45) is 5.92 Å². The molecule has 98 valence electrons. The second-order valence-corrected chi connectivity index (χ2v) is 5.95. The summed E-state index contributed by atoms with van der Waals surface area (Å²) in [6.07, 6.45) is 1.63. The van der Waals surface area contributed by atoms with Gasteiger partial charge in [0.15, 0.2) is 0 Å². The number of hydrogen-bond acceptors (Lipinski definition) is 3. The molecule has 1 aromatic rings. The quantitative estimate of drug-likeness (QED) is 0.571. The largest absolute Gasteiger partial charge is 0.312 e. The van der Waals surface area contributed by atoms with Gasteiger partial charge in [0.05, 0.1) is 6.07 Å². The number of nitrogens with one attached hydrogen (secondary N) is 1. The average molecular weight is 262 g/mol. The van der Waals surface area contributed by atoms with Gasteiger partial charge in [-0.05, 0) is 42.3 Å². The Hall–Kier alpha value is -0.980. The van der Waals surface area contributed by atoms with Crippen LogP contribution in [0, 0.1) is 17.2 Å². The molecule has 0 aliphatic rings. The van der Waals surface area contributed by atoms with Crippen molar-refractivity contribution in [1.29, 1.82) is 5.26 Å². The summed E-state index contributed by atoms with van der Waals surface area (Å²) in [5.74, 6) is 1.72. The van der Waals surface area contributed by atoms with E-state index in [4.69, 9.17) is 5.26 Å². The van der Waals surface area contributed by atoms with Gasteiger partial charge in [0, 0.05) is 17.9 Å². The van der Waals surface area contributed by atoms with Gasteiger partial charge in [-0.1, -0.05) is 26.0 Å². The van der Waals surface area contributed by atoms with Gasteiger partial charge in [-0.3, -0.25) is 0 Å². The predicted molar refractivity (Wildman–Crippen MR) is 78.6 cm³/mol. The van der Waals surface area contributed by atoms with Crippen molar-refractivity contribution in [3.8, 4) is 6.07 Å². The summed E-state index contributed by atoms with van der Waals surface area (Å²) in [6, 6.07) is 10.9. The molecule has 0 atom stereocenters. The number of nitrogens with zero attached hydrogens (tertiary/aromatic N) is 1. The molecule has 1 aromatic carbocycles. The minimum absolute atomic E-state index is 0.657. The number of unbranched alkanes of at least 4 members (excludes halogenated alkanes) is 1. The third-order valence-electron chi connectivity index (χ3n) is 2.51. The predicted octanol–water partition coefficient (Wildman–Crippen LogP) is 3.83. The van der Waals surface area contributed by atoms with Gasteiger partial charge < -0.3 is 5.32 Å². The summed E-state index contributed by atoms with van der Waals surface area (Å²) < 4.78 is 0. The van der Waals surface area contributed by atoms with Gasteiger partial charge in [0.1, 0.15) is 0 Å². The molecule has 0 bridgehead atoms. The number of rotatable bonds is 8. The summed E-state index contributed by atoms with van der Waals surface area (Å²) >= 11 is 1.83. The Morgan fingerprint density at radius 3 is 2.61 bits per heavy atom. The van der Waals surface area contributed by atoms with Crippen LogP contribution in [0.5, 0.6) is 0 Å². The van der Waals surface area contributed by atoms with Gasteiger partial charge in [-0.15, -0.1) is 11.8 Å². The summed E-state index contributed by atoms with van der Waals surface area (Å²) in [7, 11) is 0. The van der Waals surface area contributed by atoms with Crippen molar-refractivity contribution in [2.45, 2.75) is 38.1 Å². The van der Waals surface area contributed by atoms with E-state index in [0.29, 0.717) is 12.3 Å². The van der Waals surface area contributed by atoms with Crippen LogP contribution in [0.1, 0.15) is 32.3 Å². The Bertz CT molecular complexity index is 365. The zero-order chi connectivity index (χ0) is 13.2. The first-order valence-corrected chi connectivity index (χ1v) is 7.50. The molecule has 3 heteroatoms. The molecule has 0 aromatic heterocycles. The molecule has 0 saturated heterocycles. The molecule has 1 N–H and O–H groups in total. The van der Waals surface area contributed by atoms with Crippen molar-refractivity contribution in [3.05, 3.63) is 29.8 Å². The fourth-order valence-electron chi connectivity index (χ4n) is 1.55. The van der Waals surface area contributed by atoms with E-state index in [1.54, 1.807) is 0 Å². The molecule has 0 saturated carbocycles. The SMILES string of the molecule is CC(C)CNCc1ccc(SCCCC#N)cc1. The molecule has 18 heavy (non-hydrogen) atoms. The second kappa shape index (κ2) is 9.02. The van der Waals surface area contributed by atoms with E-state index in [0.717, 1.165) is 25.3 Å². The smallest absolute Gasteiger partial charge is 0.0622 e. The highest BCUT2D eigenvalue weighted by atomic mass is 32.2. The van der Waals surface area contributed by atoms with Gasteiger partial charge in [0.25, 0.3) is 0 Å². The highest BCUT2D eigenvalue weighted by Crippen LogP contribution is 2.19. The molecule has 0 fully saturated rings. The lowest BCUT2D eigenvalue weighted by atomic mass is 10.2. The zero-order valence-electron chi connectivity index (χ0n) is 11.3. The Labute approximate surface area is 115 Å². The summed E-state index contributed by atoms with van der Waals surface area (Å²) in [5.41, 5.74) is 1.33. The standard InChI is InChI=1S/C15H22N2S/c1-13(2)11-17-12-14-5-7-15(8-6-14)18-10-4-3-9-16/h5-8,13,17H,3-4,10-12H2,1-2H3. The van der Waals surface area contributed by atoms with Crippen LogP contribution in [0.2, 0.25) is 0 Å². The fourth-order valence-corrected chi connectivity index (χ4v) is 2.40. The van der Waals surface area contributed by atoms with E-state index in [9.17, 15) is 0 Å². The number of benzene rings is 1. The molecule has 1 rings (SSSR count). The van der Waals surface area contributed by atoms with Gasteiger partial charge in [0.2, 0.25) is 0 Å². The van der Waals surface area contributed by atoms with E-state index < -0.39 is 0 Å². The first kappa shape index (κ1) is 15.1. The lowest BCUT2D eigenvalue weighted by molar-refractivity contribution is 0.552. The van der Waals surface area contributed by atoms with E-state index in [2.05, 4.69) is 49.5 Å². The highest BCUT2D eigenvalue weighted by molar-refractivity contribution is 7.99. The number of hydrogen-bond donors (Lipinski definition) is 1.